The number of aromatic nitrogens is 2. The van der Waals surface area contributed by atoms with E-state index in [-0.39, 0.29) is 22.1 Å². The van der Waals surface area contributed by atoms with Gasteiger partial charge in [0.25, 0.3) is 5.56 Å². The van der Waals surface area contributed by atoms with Crippen molar-refractivity contribution >= 4 is 34.0 Å². The zero-order valence-electron chi connectivity index (χ0n) is 14.6. The molecule has 0 bridgehead atoms. The number of halogens is 1. The van der Waals surface area contributed by atoms with Gasteiger partial charge in [0, 0.05) is 11.8 Å². The number of nitrogens with zero attached hydrogens (tertiary/aromatic N) is 2. The number of hydrogen-bond donors (Lipinski definition) is 1. The molecule has 0 saturated heterocycles. The van der Waals surface area contributed by atoms with Gasteiger partial charge in [-0.05, 0) is 36.8 Å². The second-order valence-electron chi connectivity index (χ2n) is 6.12. The van der Waals surface area contributed by atoms with Crippen LogP contribution in [0.5, 0.6) is 11.5 Å². The van der Waals surface area contributed by atoms with Crippen molar-refractivity contribution in [2.24, 2.45) is 0 Å². The first-order valence-electron chi connectivity index (χ1n) is 8.13. The second kappa shape index (κ2) is 6.72. The number of ether oxygens (including phenoxy) is 1. The van der Waals surface area contributed by atoms with Crippen LogP contribution in [0.2, 0.25) is 5.02 Å². The summed E-state index contributed by atoms with van der Waals surface area (Å²) >= 11 is 7.32. The van der Waals surface area contributed by atoms with Crippen molar-refractivity contribution in [2.45, 2.75) is 6.92 Å². The van der Waals surface area contributed by atoms with Crippen LogP contribution in [-0.2, 0) is 0 Å². The highest BCUT2D eigenvalue weighted by atomic mass is 35.5. The maximum absolute atomic E-state index is 12.7. The van der Waals surface area contributed by atoms with E-state index in [9.17, 15) is 9.90 Å². The standard InChI is InChI=1S/C20H15ClN2O3S/c1-11-4-3-5-13(6-11)15-10-23-19(25)17(27-20(23)22-15)9-12-7-14(21)18(24)16(8-12)26-2/h3-10,24H,1-2H3. The van der Waals surface area contributed by atoms with Gasteiger partial charge in [-0.1, -0.05) is 46.7 Å². The van der Waals surface area contributed by atoms with Crippen LogP contribution < -0.4 is 14.8 Å². The maximum atomic E-state index is 12.7. The van der Waals surface area contributed by atoms with Crippen LogP contribution in [0.25, 0.3) is 22.3 Å². The molecule has 7 heteroatoms. The Labute approximate surface area is 163 Å². The Hall–Kier alpha value is -2.83. The summed E-state index contributed by atoms with van der Waals surface area (Å²) in [6.07, 6.45) is 3.46. The predicted molar refractivity (Wildman–Crippen MR) is 108 cm³/mol. The molecule has 0 fully saturated rings. The number of phenolic OH excluding ortho intramolecular Hbond substituents is 1. The van der Waals surface area contributed by atoms with E-state index in [1.165, 1.54) is 18.4 Å². The molecule has 1 N–H and O–H groups in total. The normalized spacial score (nSPS) is 12.0. The minimum absolute atomic E-state index is 0.123. The lowest BCUT2D eigenvalue weighted by molar-refractivity contribution is 0.373. The Balaban J connectivity index is 1.82. The molecule has 0 saturated carbocycles. The first-order chi connectivity index (χ1) is 13.0. The molecule has 5 nitrogen and oxygen atoms in total. The fraction of sp³-hybridized carbons (Fsp3) is 0.100. The van der Waals surface area contributed by atoms with Gasteiger partial charge < -0.3 is 9.84 Å². The zero-order valence-corrected chi connectivity index (χ0v) is 16.1. The van der Waals surface area contributed by atoms with Gasteiger partial charge in [-0.3, -0.25) is 9.20 Å². The van der Waals surface area contributed by atoms with Crippen molar-refractivity contribution in [2.75, 3.05) is 7.11 Å². The highest BCUT2D eigenvalue weighted by Crippen LogP contribution is 2.35. The average Bonchev–Trinajstić information content (AvgIpc) is 3.18. The SMILES string of the molecule is COc1cc(C=c2sc3nc(-c4cccc(C)c4)cn3c2=O)cc(Cl)c1O. The van der Waals surface area contributed by atoms with Crippen LogP contribution in [0, 0.1) is 6.92 Å². The molecule has 0 aliphatic carbocycles. The Bertz CT molecular complexity index is 1280. The molecule has 4 rings (SSSR count). The summed E-state index contributed by atoms with van der Waals surface area (Å²) in [7, 11) is 1.44. The number of fused-ring (bicyclic) bond motifs is 1. The predicted octanol–water partition coefficient (Wildman–Crippen LogP) is 3.65. The summed E-state index contributed by atoms with van der Waals surface area (Å²) in [6, 6.07) is 11.2. The monoisotopic (exact) mass is 398 g/mol. The lowest BCUT2D eigenvalue weighted by atomic mass is 10.1. The highest BCUT2D eigenvalue weighted by Gasteiger charge is 2.12. The number of phenols is 1. The van der Waals surface area contributed by atoms with Gasteiger partial charge in [0.2, 0.25) is 0 Å². The third-order valence-electron chi connectivity index (χ3n) is 4.19. The van der Waals surface area contributed by atoms with E-state index in [2.05, 4.69) is 4.98 Å². The molecule has 0 atom stereocenters. The van der Waals surface area contributed by atoms with Crippen molar-refractivity contribution < 1.29 is 9.84 Å². The molecule has 0 unspecified atom stereocenters. The van der Waals surface area contributed by atoms with Crippen molar-refractivity contribution in [3.63, 3.8) is 0 Å². The Morgan fingerprint density at radius 2 is 2.11 bits per heavy atom. The van der Waals surface area contributed by atoms with Gasteiger partial charge in [-0.2, -0.15) is 0 Å². The number of aryl methyl sites for hydroxylation is 1. The topological polar surface area (TPSA) is 63.8 Å². The number of rotatable bonds is 3. The van der Waals surface area contributed by atoms with E-state index >= 15 is 0 Å². The molecular formula is C20H15ClN2O3S. The van der Waals surface area contributed by atoms with E-state index in [1.54, 1.807) is 28.8 Å². The van der Waals surface area contributed by atoms with E-state index in [1.807, 2.05) is 31.2 Å². The molecule has 0 spiro atoms. The Morgan fingerprint density at radius 3 is 2.81 bits per heavy atom. The second-order valence-corrected chi connectivity index (χ2v) is 7.53. The highest BCUT2D eigenvalue weighted by molar-refractivity contribution is 7.15. The number of aromatic hydroxyl groups is 1. The minimum Gasteiger partial charge on any atom is -0.503 e. The van der Waals surface area contributed by atoms with Crippen LogP contribution >= 0.6 is 22.9 Å². The maximum Gasteiger partial charge on any atom is 0.274 e. The van der Waals surface area contributed by atoms with Crippen molar-refractivity contribution in [1.82, 2.24) is 9.38 Å². The molecule has 136 valence electrons. The Kier molecular flexibility index (Phi) is 4.37. The van der Waals surface area contributed by atoms with Crippen molar-refractivity contribution in [3.8, 4) is 22.8 Å². The summed E-state index contributed by atoms with van der Waals surface area (Å²) in [6.45, 7) is 2.02. The molecule has 0 aliphatic heterocycles. The van der Waals surface area contributed by atoms with E-state index in [0.717, 1.165) is 16.8 Å². The molecule has 27 heavy (non-hydrogen) atoms. The molecule has 2 aromatic carbocycles. The summed E-state index contributed by atoms with van der Waals surface area (Å²) < 4.78 is 7.18. The summed E-state index contributed by atoms with van der Waals surface area (Å²) in [5.41, 5.74) is 3.40. The summed E-state index contributed by atoms with van der Waals surface area (Å²) in [5, 5.41) is 10.0. The van der Waals surface area contributed by atoms with Gasteiger partial charge in [0.1, 0.15) is 0 Å². The van der Waals surface area contributed by atoms with Crippen LogP contribution in [-0.4, -0.2) is 21.6 Å². The van der Waals surface area contributed by atoms with Gasteiger partial charge >= 0.3 is 0 Å². The minimum atomic E-state index is -0.149. The van der Waals surface area contributed by atoms with E-state index in [4.69, 9.17) is 16.3 Å². The third-order valence-corrected chi connectivity index (χ3v) is 5.46. The number of benzene rings is 2. The quantitative estimate of drug-likeness (QED) is 0.572. The van der Waals surface area contributed by atoms with Crippen LogP contribution in [0.3, 0.4) is 0 Å². The molecule has 4 aromatic rings. The fourth-order valence-electron chi connectivity index (χ4n) is 2.86. The summed E-state index contributed by atoms with van der Waals surface area (Å²) in [5.74, 6) is 0.131. The first kappa shape index (κ1) is 17.6. The Morgan fingerprint density at radius 1 is 1.30 bits per heavy atom. The molecular weight excluding hydrogens is 384 g/mol. The number of hydrogen-bond acceptors (Lipinski definition) is 5. The van der Waals surface area contributed by atoms with Crippen LogP contribution in [0.1, 0.15) is 11.1 Å². The van der Waals surface area contributed by atoms with Gasteiger partial charge in [-0.25, -0.2) is 4.98 Å². The van der Waals surface area contributed by atoms with Gasteiger partial charge in [0.15, 0.2) is 16.5 Å². The lowest BCUT2D eigenvalue weighted by Crippen LogP contribution is -2.22. The van der Waals surface area contributed by atoms with Gasteiger partial charge in [0.05, 0.1) is 22.4 Å². The number of thiazole rings is 1. The zero-order chi connectivity index (χ0) is 19.1. The van der Waals surface area contributed by atoms with Crippen molar-refractivity contribution in [1.29, 1.82) is 0 Å². The number of methoxy groups -OCH3 is 1. The smallest absolute Gasteiger partial charge is 0.274 e. The third kappa shape index (κ3) is 3.18. The molecule has 2 heterocycles. The summed E-state index contributed by atoms with van der Waals surface area (Å²) in [4.78, 5) is 17.9. The molecule has 0 radical (unpaired) electrons. The largest absolute Gasteiger partial charge is 0.503 e. The number of imidazole rings is 1. The molecule has 0 amide bonds. The van der Waals surface area contributed by atoms with E-state index < -0.39 is 0 Å². The average molecular weight is 399 g/mol. The molecule has 2 aromatic heterocycles. The van der Waals surface area contributed by atoms with E-state index in [0.29, 0.717) is 15.1 Å². The lowest BCUT2D eigenvalue weighted by Gasteiger charge is -2.05. The first-order valence-corrected chi connectivity index (χ1v) is 9.33. The van der Waals surface area contributed by atoms with Gasteiger partial charge in [-0.15, -0.1) is 0 Å². The molecule has 0 aliphatic rings. The fourth-order valence-corrected chi connectivity index (χ4v) is 4.03. The van der Waals surface area contributed by atoms with Crippen molar-refractivity contribution in [3.05, 3.63) is 73.6 Å². The van der Waals surface area contributed by atoms with Crippen LogP contribution in [0.15, 0.2) is 47.4 Å². The van der Waals surface area contributed by atoms with Crippen LogP contribution in [0.4, 0.5) is 0 Å².